The quantitative estimate of drug-likeness (QED) is 0.0515. The van der Waals surface area contributed by atoms with Crippen molar-refractivity contribution in [3.8, 4) is 0 Å². The third-order valence-corrected chi connectivity index (χ3v) is 14.5. The van der Waals surface area contributed by atoms with Gasteiger partial charge in [0.1, 0.15) is 30.7 Å². The molecule has 468 valence electrons. The number of ether oxygens (including phenoxy) is 5. The van der Waals surface area contributed by atoms with Crippen LogP contribution in [0, 0.1) is 17.8 Å². The lowest BCUT2D eigenvalue weighted by molar-refractivity contribution is -0.121. The van der Waals surface area contributed by atoms with Gasteiger partial charge in [0.05, 0.1) is 31.5 Å². The second-order valence-corrected chi connectivity index (χ2v) is 19.9. The topological polar surface area (TPSA) is 418 Å². The minimum absolute atomic E-state index is 0.200. The van der Waals surface area contributed by atoms with E-state index >= 15 is 0 Å². The molecule has 30 nitrogen and oxygen atoms in total. The maximum Gasteiger partial charge on any atom is 0.330 e. The third kappa shape index (κ3) is 15.1. The number of carbonyl (C=O) groups excluding carboxylic acids is 1. The predicted molar refractivity (Wildman–Crippen MR) is 281 cm³/mol. The Balaban J connectivity index is 0.000000170. The Morgan fingerprint density at radius 2 is 0.671 bits per heavy atom. The van der Waals surface area contributed by atoms with Crippen LogP contribution in [0.25, 0.3) is 0 Å². The van der Waals surface area contributed by atoms with Crippen molar-refractivity contribution in [1.29, 1.82) is 0 Å². The lowest BCUT2D eigenvalue weighted by Gasteiger charge is -2.15. The smallest absolute Gasteiger partial charge is 0.330 e. The second-order valence-electron chi connectivity index (χ2n) is 19.9. The first-order valence-corrected chi connectivity index (χ1v) is 26.3. The number of aliphatic hydroxyl groups is 4. The first kappa shape index (κ1) is 66.5. The Morgan fingerprint density at radius 1 is 0.412 bits per heavy atom. The van der Waals surface area contributed by atoms with Crippen LogP contribution >= 0.6 is 0 Å². The van der Waals surface area contributed by atoms with E-state index in [1.54, 1.807) is 20.8 Å². The highest BCUT2D eigenvalue weighted by Gasteiger charge is 2.48. The molecule has 35 heteroatoms. The number of aldehydes is 1. The summed E-state index contributed by atoms with van der Waals surface area (Å²) in [4.78, 5) is 132. The Bertz CT molecular complexity index is 3300. The number of halogens is 5. The lowest BCUT2D eigenvalue weighted by Crippen LogP contribution is -2.35. The van der Waals surface area contributed by atoms with Gasteiger partial charge in [0, 0.05) is 79.1 Å². The van der Waals surface area contributed by atoms with Gasteiger partial charge in [-0.2, -0.15) is 0 Å². The standard InChI is InChI=1S/C11H15FN2O3.C10H13FN2O4.C10H11FN2O4.C10H13FN2O4.C9H11FN2O5/c1-3-7-6(2)9(12)10(17-7)14-5-4-8(15)13-11(14)16;2*1-5-6(4-14)17-9(8(5)11)13-3-2-7(15)12-10(13)16;1-2-5-8(15)7(11)9(17-5)13-4-3-6(14)12-10(13)16;10-6-7(15)4(3-13)17-8(6)12-2-1-5(14)11-9(12)16/h4-7,9-10H,3H2,1-2H3,(H,13,15,16);2-3,5-6,8-9,14H,4H2,1H3,(H,12,15,16);2-6,8-9H,1H3,(H,12,15,16);3-5,7-9,15H,2H2,1H3,(H,12,14,16);1-2,4,6-8,13,15H,3H2,(H,11,14,16)/t6-,7-,9+,10-;2*5-,6-,8+,9-;5-,7+,8-,9-;4-,6+,7-,8-/m11111/s1. The summed E-state index contributed by atoms with van der Waals surface area (Å²) in [5, 5.41) is 36.8. The van der Waals surface area contributed by atoms with Crippen LogP contribution < -0.4 is 56.2 Å². The molecule has 0 aromatic carbocycles. The predicted octanol–water partition coefficient (Wildman–Crippen LogP) is -2.51. The minimum atomic E-state index is -1.85. The molecule has 5 aliphatic rings. The van der Waals surface area contributed by atoms with Crippen LogP contribution in [0.15, 0.2) is 109 Å². The molecule has 0 bridgehead atoms. The van der Waals surface area contributed by atoms with E-state index in [1.807, 2.05) is 26.9 Å². The fraction of sp³-hybridized carbons (Fsp3) is 0.580. The number of carbonyl (C=O) groups is 1. The van der Waals surface area contributed by atoms with Gasteiger partial charge in [0.25, 0.3) is 27.8 Å². The third-order valence-electron chi connectivity index (χ3n) is 14.5. The van der Waals surface area contributed by atoms with E-state index < -0.39 is 173 Å². The van der Waals surface area contributed by atoms with Gasteiger partial charge in [-0.15, -0.1) is 0 Å². The summed E-state index contributed by atoms with van der Waals surface area (Å²) in [6.07, 6.45) is -12.2. The molecule has 10 heterocycles. The monoisotopic (exact) mass is 1220 g/mol. The summed E-state index contributed by atoms with van der Waals surface area (Å²) in [6, 6.07) is 5.53. The molecule has 5 aromatic heterocycles. The molecule has 10 rings (SSSR count). The van der Waals surface area contributed by atoms with Crippen molar-refractivity contribution in [2.24, 2.45) is 17.8 Å². The molecule has 0 unspecified atom stereocenters. The van der Waals surface area contributed by atoms with Crippen LogP contribution in [0.1, 0.15) is 78.6 Å². The van der Waals surface area contributed by atoms with Crippen molar-refractivity contribution >= 4 is 6.29 Å². The number of hydrogen-bond acceptors (Lipinski definition) is 20. The van der Waals surface area contributed by atoms with Crippen molar-refractivity contribution in [3.63, 3.8) is 0 Å². The molecule has 5 saturated heterocycles. The molecule has 5 aliphatic heterocycles. The molecular weight excluding hydrogens is 1160 g/mol. The summed E-state index contributed by atoms with van der Waals surface area (Å²) in [5.74, 6) is -1.40. The molecule has 0 aliphatic carbocycles. The van der Waals surface area contributed by atoms with E-state index in [9.17, 15) is 84.9 Å². The van der Waals surface area contributed by atoms with Crippen molar-refractivity contribution < 1.29 is 70.9 Å². The van der Waals surface area contributed by atoms with Gasteiger partial charge in [0.2, 0.25) is 0 Å². The molecule has 85 heavy (non-hydrogen) atoms. The molecule has 20 atom stereocenters. The number of nitrogens with one attached hydrogen (secondary N) is 5. The summed E-state index contributed by atoms with van der Waals surface area (Å²) in [5.41, 5.74) is -6.52. The highest BCUT2D eigenvalue weighted by Crippen LogP contribution is 2.38. The molecule has 0 spiro atoms. The first-order valence-electron chi connectivity index (χ1n) is 26.3. The second kappa shape index (κ2) is 29.0. The number of alkyl halides is 5. The van der Waals surface area contributed by atoms with Gasteiger partial charge < -0.3 is 48.9 Å². The number of aliphatic hydroxyl groups excluding tert-OH is 4. The number of aromatic nitrogens is 10. The zero-order valence-electron chi connectivity index (χ0n) is 45.7. The van der Waals surface area contributed by atoms with Crippen LogP contribution in [-0.2, 0) is 28.5 Å². The summed E-state index contributed by atoms with van der Waals surface area (Å²) in [6.45, 7) is 7.68. The van der Waals surface area contributed by atoms with Gasteiger partial charge in [-0.1, -0.05) is 34.6 Å². The van der Waals surface area contributed by atoms with Crippen LogP contribution in [0.2, 0.25) is 0 Å². The average Bonchev–Trinajstić information content (AvgIpc) is 4.32. The van der Waals surface area contributed by atoms with Gasteiger partial charge in [-0.05, 0) is 12.8 Å². The fourth-order valence-corrected chi connectivity index (χ4v) is 9.46. The SMILES string of the molecule is CC[C@H]1O[C@@H](n2ccc(=O)[nH]c2=O)[C@@H](F)[C@@H]1C.CC[C@H]1O[C@@H](n2ccc(=O)[nH]c2=O)[C@@H](F)[C@@H]1O.C[C@H]1[C@H](F)[C@H](n2ccc(=O)[nH]c2=O)O[C@@H]1C=O.C[C@H]1[C@H](F)[C@H](n2ccc(=O)[nH]c2=O)O[C@@H]1CO.O=c1ccn([C@@H]2O[C@H](CO)[C@@H](O)[C@@H]2F)c(=O)[nH]1. The highest BCUT2D eigenvalue weighted by molar-refractivity contribution is 5.57. The fourth-order valence-electron chi connectivity index (χ4n) is 9.46. The minimum Gasteiger partial charge on any atom is -0.394 e. The van der Waals surface area contributed by atoms with E-state index in [2.05, 4.69) is 4.98 Å². The molecule has 0 saturated carbocycles. The number of aromatic amines is 5. The summed E-state index contributed by atoms with van der Waals surface area (Å²) >= 11 is 0. The van der Waals surface area contributed by atoms with Crippen LogP contribution in [0.5, 0.6) is 0 Å². The Kier molecular flexibility index (Phi) is 22.7. The van der Waals surface area contributed by atoms with Crippen molar-refractivity contribution in [3.05, 3.63) is 166 Å². The first-order chi connectivity index (χ1) is 40.2. The van der Waals surface area contributed by atoms with E-state index in [-0.39, 0.29) is 18.6 Å². The number of nitrogens with zero attached hydrogens (tertiary/aromatic N) is 5. The van der Waals surface area contributed by atoms with Gasteiger partial charge in [-0.3, -0.25) is 71.7 Å². The van der Waals surface area contributed by atoms with E-state index in [0.29, 0.717) is 19.1 Å². The van der Waals surface area contributed by atoms with Crippen molar-refractivity contribution in [2.75, 3.05) is 13.2 Å². The van der Waals surface area contributed by atoms with Crippen LogP contribution in [0.3, 0.4) is 0 Å². The molecule has 5 aromatic rings. The number of H-pyrrole nitrogens is 5. The Labute approximate surface area is 472 Å². The molecular formula is C50H63F5N10O20. The van der Waals surface area contributed by atoms with Gasteiger partial charge in [0.15, 0.2) is 62.0 Å². The summed E-state index contributed by atoms with van der Waals surface area (Å²) in [7, 11) is 0. The molecule has 5 fully saturated rings. The Morgan fingerprint density at radius 3 is 0.918 bits per heavy atom. The van der Waals surface area contributed by atoms with Crippen molar-refractivity contribution in [2.45, 2.75) is 152 Å². The summed E-state index contributed by atoms with van der Waals surface area (Å²) < 4.78 is 100. The molecule has 9 N–H and O–H groups in total. The van der Waals surface area contributed by atoms with E-state index in [4.69, 9.17) is 33.9 Å². The van der Waals surface area contributed by atoms with Crippen LogP contribution in [-0.4, -0.2) is 161 Å². The van der Waals surface area contributed by atoms with E-state index in [0.717, 1.165) is 65.7 Å². The van der Waals surface area contributed by atoms with E-state index in [1.165, 1.54) is 25.4 Å². The van der Waals surface area contributed by atoms with Crippen LogP contribution in [0.4, 0.5) is 22.0 Å². The zero-order chi connectivity index (χ0) is 62.9. The maximum atomic E-state index is 14.0. The largest absolute Gasteiger partial charge is 0.394 e. The average molecular weight is 1220 g/mol. The number of rotatable bonds is 10. The van der Waals surface area contributed by atoms with Gasteiger partial charge in [-0.25, -0.2) is 45.9 Å². The normalized spacial score (nSPS) is 32.8. The number of hydrogen-bond donors (Lipinski definition) is 9. The zero-order valence-corrected chi connectivity index (χ0v) is 45.7. The Hall–Kier alpha value is -7.64. The highest BCUT2D eigenvalue weighted by atomic mass is 19.2. The molecule has 0 amide bonds. The van der Waals surface area contributed by atoms with Gasteiger partial charge >= 0.3 is 28.4 Å². The maximum absolute atomic E-state index is 14.0. The molecule has 0 radical (unpaired) electrons. The lowest BCUT2D eigenvalue weighted by atomic mass is 10.00. The van der Waals surface area contributed by atoms with Crippen molar-refractivity contribution in [1.82, 2.24) is 47.8 Å².